The van der Waals surface area contributed by atoms with Gasteiger partial charge in [0, 0.05) is 13.2 Å². The summed E-state index contributed by atoms with van der Waals surface area (Å²) >= 11 is 6.01. The lowest BCUT2D eigenvalue weighted by molar-refractivity contribution is 0.391. The highest BCUT2D eigenvalue weighted by Gasteiger charge is 2.27. The van der Waals surface area contributed by atoms with Crippen molar-refractivity contribution >= 4 is 21.6 Å². The van der Waals surface area contributed by atoms with Gasteiger partial charge in [0.1, 0.15) is 12.1 Å². The molecule has 0 fully saturated rings. The van der Waals surface area contributed by atoms with Crippen LogP contribution < -0.4 is 4.74 Å². The topological polar surface area (TPSA) is 72.4 Å². The van der Waals surface area contributed by atoms with Crippen LogP contribution in [0.15, 0.2) is 41.7 Å². The molecule has 0 saturated heterocycles. The Bertz CT molecular complexity index is 753. The number of hydrogen-bond donors (Lipinski definition) is 0. The maximum Gasteiger partial charge on any atom is 0.243 e. The summed E-state index contributed by atoms with van der Waals surface area (Å²) in [5, 5.41) is 0.242. The lowest BCUT2D eigenvalue weighted by Gasteiger charge is -2.24. The van der Waals surface area contributed by atoms with Crippen LogP contribution in [-0.2, 0) is 10.0 Å². The van der Waals surface area contributed by atoms with Crippen molar-refractivity contribution in [2.24, 2.45) is 0 Å². The molecule has 2 aromatic rings. The third kappa shape index (κ3) is 3.21. The zero-order valence-corrected chi connectivity index (χ0v) is 14.0. The number of benzene rings is 1. The van der Waals surface area contributed by atoms with E-state index in [1.54, 1.807) is 19.2 Å². The van der Waals surface area contributed by atoms with E-state index in [0.29, 0.717) is 11.4 Å². The molecule has 0 saturated carbocycles. The molecule has 8 heteroatoms. The average molecular weight is 342 g/mol. The van der Waals surface area contributed by atoms with E-state index >= 15 is 0 Å². The number of rotatable bonds is 5. The second kappa shape index (κ2) is 6.60. The van der Waals surface area contributed by atoms with Gasteiger partial charge >= 0.3 is 0 Å². The summed E-state index contributed by atoms with van der Waals surface area (Å²) in [6.45, 7) is 1.75. The van der Waals surface area contributed by atoms with Crippen LogP contribution in [0.4, 0.5) is 0 Å². The Morgan fingerprint density at radius 1 is 1.32 bits per heavy atom. The van der Waals surface area contributed by atoms with E-state index in [0.717, 1.165) is 0 Å². The van der Waals surface area contributed by atoms with Crippen LogP contribution in [0.1, 0.15) is 18.7 Å². The Kier molecular flexibility index (Phi) is 5.00. The number of aromatic nitrogens is 2. The SMILES string of the molecule is COc1ccc(S(=O)(=O)N(C)C(C)c2ccncn2)cc1Cl. The maximum atomic E-state index is 12.7. The summed E-state index contributed by atoms with van der Waals surface area (Å²) in [6.07, 6.45) is 2.96. The van der Waals surface area contributed by atoms with Crippen molar-refractivity contribution in [1.29, 1.82) is 0 Å². The van der Waals surface area contributed by atoms with Gasteiger partial charge in [0.15, 0.2) is 0 Å². The van der Waals surface area contributed by atoms with Gasteiger partial charge in [-0.15, -0.1) is 0 Å². The summed E-state index contributed by atoms with van der Waals surface area (Å²) in [7, 11) is -0.730. The molecule has 0 amide bonds. The molecule has 1 aromatic heterocycles. The van der Waals surface area contributed by atoms with Crippen molar-refractivity contribution in [2.45, 2.75) is 17.9 Å². The zero-order valence-electron chi connectivity index (χ0n) is 12.4. The molecule has 2 rings (SSSR count). The average Bonchev–Trinajstić information content (AvgIpc) is 2.54. The first-order chi connectivity index (χ1) is 10.4. The Hall–Kier alpha value is -1.70. The predicted octanol–water partition coefficient (Wildman–Crippen LogP) is 2.52. The van der Waals surface area contributed by atoms with Gasteiger partial charge in [-0.25, -0.2) is 18.4 Å². The van der Waals surface area contributed by atoms with E-state index in [9.17, 15) is 8.42 Å². The van der Waals surface area contributed by atoms with Crippen molar-refractivity contribution in [3.8, 4) is 5.75 Å². The molecule has 0 bridgehead atoms. The van der Waals surface area contributed by atoms with Crippen molar-refractivity contribution in [2.75, 3.05) is 14.2 Å². The van der Waals surface area contributed by atoms with Crippen molar-refractivity contribution in [3.05, 3.63) is 47.5 Å². The molecule has 1 aromatic carbocycles. The van der Waals surface area contributed by atoms with Gasteiger partial charge < -0.3 is 4.74 Å². The monoisotopic (exact) mass is 341 g/mol. The van der Waals surface area contributed by atoms with Crippen molar-refractivity contribution in [1.82, 2.24) is 14.3 Å². The molecule has 0 aliphatic heterocycles. The molecule has 0 aliphatic rings. The first-order valence-electron chi connectivity index (χ1n) is 6.45. The van der Waals surface area contributed by atoms with Crippen LogP contribution in [0.5, 0.6) is 5.75 Å². The summed E-state index contributed by atoms with van der Waals surface area (Å²) < 4.78 is 31.6. The van der Waals surface area contributed by atoms with E-state index in [-0.39, 0.29) is 9.92 Å². The van der Waals surface area contributed by atoms with Gasteiger partial charge in [0.2, 0.25) is 10.0 Å². The van der Waals surface area contributed by atoms with Crippen LogP contribution in [0.2, 0.25) is 5.02 Å². The molecular formula is C14H16ClN3O3S. The third-order valence-electron chi connectivity index (χ3n) is 3.38. The van der Waals surface area contributed by atoms with E-state index in [1.165, 1.54) is 43.0 Å². The molecule has 1 unspecified atom stereocenters. The number of methoxy groups -OCH3 is 1. The fourth-order valence-corrected chi connectivity index (χ4v) is 3.60. The zero-order chi connectivity index (χ0) is 16.3. The molecule has 22 heavy (non-hydrogen) atoms. The summed E-state index contributed by atoms with van der Waals surface area (Å²) in [5.41, 5.74) is 0.612. The van der Waals surface area contributed by atoms with Crippen molar-refractivity contribution in [3.63, 3.8) is 0 Å². The minimum absolute atomic E-state index is 0.0988. The Balaban J connectivity index is 2.35. The number of hydrogen-bond acceptors (Lipinski definition) is 5. The molecule has 1 heterocycles. The number of halogens is 1. The van der Waals surface area contributed by atoms with Gasteiger partial charge in [-0.1, -0.05) is 11.6 Å². The smallest absolute Gasteiger partial charge is 0.243 e. The number of ether oxygens (including phenoxy) is 1. The normalized spacial score (nSPS) is 13.1. The van der Waals surface area contributed by atoms with Crippen LogP contribution >= 0.6 is 11.6 Å². The van der Waals surface area contributed by atoms with E-state index in [2.05, 4.69) is 9.97 Å². The van der Waals surface area contributed by atoms with E-state index in [4.69, 9.17) is 16.3 Å². The van der Waals surface area contributed by atoms with Crippen LogP contribution in [0.25, 0.3) is 0 Å². The highest BCUT2D eigenvalue weighted by Crippen LogP contribution is 2.30. The fraction of sp³-hybridized carbons (Fsp3) is 0.286. The Labute approximate surface area is 134 Å². The molecule has 1 atom stereocenters. The molecular weight excluding hydrogens is 326 g/mol. The molecule has 118 valence electrons. The van der Waals surface area contributed by atoms with Gasteiger partial charge in [-0.2, -0.15) is 4.31 Å². The molecule has 0 radical (unpaired) electrons. The van der Waals surface area contributed by atoms with Crippen LogP contribution in [-0.4, -0.2) is 36.8 Å². The minimum atomic E-state index is -3.70. The Morgan fingerprint density at radius 2 is 2.05 bits per heavy atom. The largest absolute Gasteiger partial charge is 0.495 e. The maximum absolute atomic E-state index is 12.7. The summed E-state index contributed by atoms with van der Waals surface area (Å²) in [6, 6.07) is 5.60. The minimum Gasteiger partial charge on any atom is -0.495 e. The van der Waals surface area contributed by atoms with Gasteiger partial charge in [-0.3, -0.25) is 0 Å². The molecule has 6 nitrogen and oxygen atoms in total. The van der Waals surface area contributed by atoms with Crippen molar-refractivity contribution < 1.29 is 13.2 Å². The van der Waals surface area contributed by atoms with Gasteiger partial charge in [0.05, 0.1) is 28.8 Å². The molecule has 0 spiro atoms. The number of sulfonamides is 1. The molecule has 0 aliphatic carbocycles. The fourth-order valence-electron chi connectivity index (χ4n) is 1.92. The third-order valence-corrected chi connectivity index (χ3v) is 5.60. The second-order valence-corrected chi connectivity index (χ2v) is 7.03. The Morgan fingerprint density at radius 3 is 2.59 bits per heavy atom. The first-order valence-corrected chi connectivity index (χ1v) is 8.27. The molecule has 0 N–H and O–H groups in total. The standard InChI is InChI=1S/C14H16ClN3O3S/c1-10(13-6-7-16-9-17-13)18(2)22(19,20)11-4-5-14(21-3)12(15)8-11/h4-10H,1-3H3. The van der Waals surface area contributed by atoms with E-state index in [1.807, 2.05) is 0 Å². The van der Waals surface area contributed by atoms with Crippen LogP contribution in [0.3, 0.4) is 0 Å². The van der Waals surface area contributed by atoms with E-state index < -0.39 is 16.1 Å². The first kappa shape index (κ1) is 16.7. The highest BCUT2D eigenvalue weighted by atomic mass is 35.5. The lowest BCUT2D eigenvalue weighted by atomic mass is 10.2. The second-order valence-electron chi connectivity index (χ2n) is 4.63. The summed E-state index contributed by atoms with van der Waals surface area (Å²) in [4.78, 5) is 8.02. The van der Waals surface area contributed by atoms with Gasteiger partial charge in [0.25, 0.3) is 0 Å². The van der Waals surface area contributed by atoms with Gasteiger partial charge in [-0.05, 0) is 31.2 Å². The summed E-state index contributed by atoms with van der Waals surface area (Å²) in [5.74, 6) is 0.423. The predicted molar refractivity (Wildman–Crippen MR) is 83.4 cm³/mol. The quantitative estimate of drug-likeness (QED) is 0.835. The van der Waals surface area contributed by atoms with Crippen LogP contribution in [0, 0.1) is 0 Å². The number of nitrogens with zero attached hydrogens (tertiary/aromatic N) is 3. The highest BCUT2D eigenvalue weighted by molar-refractivity contribution is 7.89. The lowest BCUT2D eigenvalue weighted by Crippen LogP contribution is -2.30.